The minimum atomic E-state index is 0.0410. The predicted molar refractivity (Wildman–Crippen MR) is 82.4 cm³/mol. The summed E-state index contributed by atoms with van der Waals surface area (Å²) in [6.07, 6.45) is 1.42. The number of carbonyl (C=O) groups excluding carboxylic acids is 1. The van der Waals surface area contributed by atoms with Crippen molar-refractivity contribution in [3.05, 3.63) is 12.7 Å². The Morgan fingerprint density at radius 1 is 0.842 bits per heavy atom. The lowest BCUT2D eigenvalue weighted by Gasteiger charge is -2.28. The molecule has 0 radical (unpaired) electrons. The van der Waals surface area contributed by atoms with Gasteiger partial charge in [-0.1, -0.05) is 34.3 Å². The van der Waals surface area contributed by atoms with Gasteiger partial charge < -0.3 is 14.7 Å². The molecule has 0 fully saturated rings. The molecule has 0 bridgehead atoms. The van der Waals surface area contributed by atoms with E-state index >= 15 is 0 Å². The van der Waals surface area contributed by atoms with Crippen molar-refractivity contribution in [2.45, 2.75) is 27.7 Å². The fourth-order valence-electron chi connectivity index (χ4n) is 2.07. The largest absolute Gasteiger partial charge is 0.337 e. The predicted octanol–water partition coefficient (Wildman–Crippen LogP) is 1.68. The van der Waals surface area contributed by atoms with Gasteiger partial charge in [0.15, 0.2) is 0 Å². The van der Waals surface area contributed by atoms with E-state index in [1.165, 1.54) is 6.08 Å². The molecule has 0 unspecified atom stereocenters. The minimum absolute atomic E-state index is 0.0410. The summed E-state index contributed by atoms with van der Waals surface area (Å²) in [6, 6.07) is 0. The van der Waals surface area contributed by atoms with E-state index in [0.29, 0.717) is 0 Å². The molecule has 0 aliphatic carbocycles. The van der Waals surface area contributed by atoms with Crippen LogP contribution in [0, 0.1) is 0 Å². The van der Waals surface area contributed by atoms with E-state index in [1.807, 2.05) is 4.90 Å². The molecular formula is C15H31N3O. The molecule has 0 aromatic rings. The Kier molecular flexibility index (Phi) is 10.5. The van der Waals surface area contributed by atoms with Crippen LogP contribution in [0.25, 0.3) is 0 Å². The summed E-state index contributed by atoms with van der Waals surface area (Å²) in [5, 5.41) is 0. The molecule has 0 saturated carbocycles. The monoisotopic (exact) mass is 269 g/mol. The van der Waals surface area contributed by atoms with Crippen LogP contribution >= 0.6 is 0 Å². The van der Waals surface area contributed by atoms with Gasteiger partial charge in [0.2, 0.25) is 5.91 Å². The van der Waals surface area contributed by atoms with Crippen molar-refractivity contribution in [1.29, 1.82) is 0 Å². The van der Waals surface area contributed by atoms with Gasteiger partial charge in [0.1, 0.15) is 0 Å². The Morgan fingerprint density at radius 2 is 1.21 bits per heavy atom. The molecule has 4 heteroatoms. The van der Waals surface area contributed by atoms with Crippen LogP contribution in [0.1, 0.15) is 27.7 Å². The standard InChI is InChI=1S/C15H31N3O/c1-6-15(19)18(13-11-16(7-2)8-3)14-12-17(9-4)10-5/h6H,1,7-14H2,2-5H3. The zero-order valence-corrected chi connectivity index (χ0v) is 13.2. The van der Waals surface area contributed by atoms with E-state index in [0.717, 1.165) is 52.4 Å². The highest BCUT2D eigenvalue weighted by Gasteiger charge is 2.12. The van der Waals surface area contributed by atoms with Crippen LogP contribution < -0.4 is 0 Å². The summed E-state index contributed by atoms with van der Waals surface area (Å²) in [5.41, 5.74) is 0. The fourth-order valence-corrected chi connectivity index (χ4v) is 2.07. The fraction of sp³-hybridized carbons (Fsp3) is 0.800. The van der Waals surface area contributed by atoms with Gasteiger partial charge in [0.25, 0.3) is 0 Å². The molecule has 0 aromatic carbocycles. The van der Waals surface area contributed by atoms with Crippen LogP contribution in [-0.4, -0.2) is 73.0 Å². The van der Waals surface area contributed by atoms with E-state index in [2.05, 4.69) is 44.1 Å². The first-order valence-electron chi connectivity index (χ1n) is 7.48. The third-order valence-electron chi connectivity index (χ3n) is 3.65. The quantitative estimate of drug-likeness (QED) is 0.534. The summed E-state index contributed by atoms with van der Waals surface area (Å²) in [6.45, 7) is 19.8. The van der Waals surface area contributed by atoms with Crippen molar-refractivity contribution in [3.8, 4) is 0 Å². The first-order chi connectivity index (χ1) is 9.12. The highest BCUT2D eigenvalue weighted by atomic mass is 16.2. The van der Waals surface area contributed by atoms with Crippen LogP contribution in [0.5, 0.6) is 0 Å². The lowest BCUT2D eigenvalue weighted by molar-refractivity contribution is -0.126. The molecule has 0 aromatic heterocycles. The molecular weight excluding hydrogens is 238 g/mol. The van der Waals surface area contributed by atoms with Crippen LogP contribution in [0.4, 0.5) is 0 Å². The number of rotatable bonds is 11. The molecule has 0 aliphatic heterocycles. The van der Waals surface area contributed by atoms with Crippen molar-refractivity contribution in [3.63, 3.8) is 0 Å². The first kappa shape index (κ1) is 18.1. The van der Waals surface area contributed by atoms with Crippen LogP contribution in [0.2, 0.25) is 0 Å². The molecule has 1 amide bonds. The third kappa shape index (κ3) is 7.33. The molecule has 0 atom stereocenters. The number of hydrogen-bond acceptors (Lipinski definition) is 3. The average Bonchev–Trinajstić information content (AvgIpc) is 2.46. The second-order valence-corrected chi connectivity index (χ2v) is 4.58. The van der Waals surface area contributed by atoms with Crippen molar-refractivity contribution < 1.29 is 4.79 Å². The number of nitrogens with zero attached hydrogens (tertiary/aromatic N) is 3. The Labute approximate surface area is 119 Å². The summed E-state index contributed by atoms with van der Waals surface area (Å²) in [4.78, 5) is 18.4. The highest BCUT2D eigenvalue weighted by Crippen LogP contribution is 1.97. The van der Waals surface area contributed by atoms with Crippen molar-refractivity contribution in [1.82, 2.24) is 14.7 Å². The molecule has 4 nitrogen and oxygen atoms in total. The van der Waals surface area contributed by atoms with Crippen LogP contribution in [0.3, 0.4) is 0 Å². The van der Waals surface area contributed by atoms with Gasteiger partial charge in [-0.2, -0.15) is 0 Å². The SMILES string of the molecule is C=CC(=O)N(CCN(CC)CC)CCN(CC)CC. The van der Waals surface area contributed by atoms with Gasteiger partial charge in [-0.25, -0.2) is 0 Å². The van der Waals surface area contributed by atoms with Crippen molar-refractivity contribution in [2.24, 2.45) is 0 Å². The minimum Gasteiger partial charge on any atom is -0.337 e. The normalized spacial score (nSPS) is 11.1. The molecule has 0 spiro atoms. The molecule has 19 heavy (non-hydrogen) atoms. The zero-order valence-electron chi connectivity index (χ0n) is 13.2. The Balaban J connectivity index is 4.30. The second kappa shape index (κ2) is 11.0. The number of hydrogen-bond donors (Lipinski definition) is 0. The van der Waals surface area contributed by atoms with E-state index < -0.39 is 0 Å². The molecule has 0 heterocycles. The maximum Gasteiger partial charge on any atom is 0.246 e. The Bertz CT molecular complexity index is 232. The Morgan fingerprint density at radius 3 is 1.47 bits per heavy atom. The molecule has 112 valence electrons. The first-order valence-corrected chi connectivity index (χ1v) is 7.48. The number of carbonyl (C=O) groups is 1. The lowest BCUT2D eigenvalue weighted by Crippen LogP contribution is -2.42. The molecule has 0 N–H and O–H groups in total. The summed E-state index contributed by atoms with van der Waals surface area (Å²) < 4.78 is 0. The number of amides is 1. The summed E-state index contributed by atoms with van der Waals surface area (Å²) >= 11 is 0. The smallest absolute Gasteiger partial charge is 0.246 e. The van der Waals surface area contributed by atoms with Gasteiger partial charge in [-0.05, 0) is 32.3 Å². The van der Waals surface area contributed by atoms with Crippen LogP contribution in [-0.2, 0) is 4.79 Å². The molecule has 0 saturated heterocycles. The number of likely N-dealkylation sites (N-methyl/N-ethyl adjacent to an activating group) is 2. The van der Waals surface area contributed by atoms with Gasteiger partial charge >= 0.3 is 0 Å². The third-order valence-corrected chi connectivity index (χ3v) is 3.65. The van der Waals surface area contributed by atoms with E-state index in [9.17, 15) is 4.79 Å². The van der Waals surface area contributed by atoms with E-state index in [1.54, 1.807) is 0 Å². The zero-order chi connectivity index (χ0) is 14.7. The van der Waals surface area contributed by atoms with Crippen molar-refractivity contribution >= 4 is 5.91 Å². The van der Waals surface area contributed by atoms with Gasteiger partial charge in [0, 0.05) is 26.2 Å². The van der Waals surface area contributed by atoms with E-state index in [4.69, 9.17) is 0 Å². The Hall–Kier alpha value is -0.870. The topological polar surface area (TPSA) is 26.8 Å². The van der Waals surface area contributed by atoms with Crippen molar-refractivity contribution in [2.75, 3.05) is 52.4 Å². The maximum absolute atomic E-state index is 11.9. The second-order valence-electron chi connectivity index (χ2n) is 4.58. The average molecular weight is 269 g/mol. The van der Waals surface area contributed by atoms with Gasteiger partial charge in [-0.15, -0.1) is 0 Å². The molecule has 0 rings (SSSR count). The van der Waals surface area contributed by atoms with Gasteiger partial charge in [-0.3, -0.25) is 4.79 Å². The summed E-state index contributed by atoms with van der Waals surface area (Å²) in [7, 11) is 0. The lowest BCUT2D eigenvalue weighted by atomic mass is 10.3. The van der Waals surface area contributed by atoms with Crippen LogP contribution in [0.15, 0.2) is 12.7 Å². The maximum atomic E-state index is 11.9. The van der Waals surface area contributed by atoms with E-state index in [-0.39, 0.29) is 5.91 Å². The summed E-state index contributed by atoms with van der Waals surface area (Å²) in [5.74, 6) is 0.0410. The molecule has 0 aliphatic rings. The van der Waals surface area contributed by atoms with Gasteiger partial charge in [0.05, 0.1) is 0 Å². The highest BCUT2D eigenvalue weighted by molar-refractivity contribution is 5.86.